The molecule has 0 saturated heterocycles. The molecule has 1 heterocycles. The van der Waals surface area contributed by atoms with Gasteiger partial charge in [0.2, 0.25) is 0 Å². The fourth-order valence-electron chi connectivity index (χ4n) is 2.34. The molecule has 6 nitrogen and oxygen atoms in total. The molecule has 1 atom stereocenters. The molecule has 1 unspecified atom stereocenters. The molecule has 1 aromatic carbocycles. The molecule has 0 aliphatic carbocycles. The molecule has 26 heavy (non-hydrogen) atoms. The van der Waals surface area contributed by atoms with E-state index in [4.69, 9.17) is 15.2 Å². The summed E-state index contributed by atoms with van der Waals surface area (Å²) in [6, 6.07) is 5.52. The van der Waals surface area contributed by atoms with Crippen LogP contribution in [0.15, 0.2) is 23.6 Å². The van der Waals surface area contributed by atoms with Gasteiger partial charge in [0.25, 0.3) is 5.91 Å². The van der Waals surface area contributed by atoms with Gasteiger partial charge in [-0.2, -0.15) is 0 Å². The number of thiazole rings is 1. The number of amides is 1. The van der Waals surface area contributed by atoms with Crippen LogP contribution in [0.5, 0.6) is 11.5 Å². The molecule has 7 heteroatoms. The van der Waals surface area contributed by atoms with Crippen LogP contribution in [-0.4, -0.2) is 24.6 Å². The summed E-state index contributed by atoms with van der Waals surface area (Å²) in [6.45, 7) is 7.22. The normalized spacial score (nSPS) is 12.1. The zero-order chi connectivity index (χ0) is 19.1. The molecular formula is C19H27N3O3S. The van der Waals surface area contributed by atoms with Crippen LogP contribution >= 0.6 is 11.3 Å². The second-order valence-corrected chi connectivity index (χ2v) is 7.41. The Labute approximate surface area is 158 Å². The lowest BCUT2D eigenvalue weighted by Crippen LogP contribution is -2.27. The first-order valence-electron chi connectivity index (χ1n) is 8.70. The number of carbonyl (C=O) groups excluding carboxylic acids is 1. The van der Waals surface area contributed by atoms with Crippen molar-refractivity contribution in [3.05, 3.63) is 39.8 Å². The minimum atomic E-state index is -0.218. The number of methoxy groups -OCH3 is 1. The maximum Gasteiger partial charge on any atom is 0.271 e. The predicted octanol–water partition coefficient (Wildman–Crippen LogP) is 3.53. The van der Waals surface area contributed by atoms with Crippen LogP contribution in [0.4, 0.5) is 0 Å². The summed E-state index contributed by atoms with van der Waals surface area (Å²) in [6.07, 6.45) is 0.982. The van der Waals surface area contributed by atoms with Crippen molar-refractivity contribution in [1.29, 1.82) is 0 Å². The molecule has 0 saturated carbocycles. The summed E-state index contributed by atoms with van der Waals surface area (Å²) in [5, 5.41) is 5.41. The average Bonchev–Trinajstić information content (AvgIpc) is 3.10. The molecule has 3 N–H and O–H groups in total. The fourth-order valence-corrected chi connectivity index (χ4v) is 2.99. The van der Waals surface area contributed by atoms with Crippen molar-refractivity contribution in [2.45, 2.75) is 39.8 Å². The SMILES string of the molecule is COc1cc(C(C)NC(=O)c2csc(CN)n2)ccc1OCCC(C)C. The van der Waals surface area contributed by atoms with E-state index in [-0.39, 0.29) is 11.9 Å². The van der Waals surface area contributed by atoms with Crippen molar-refractivity contribution >= 4 is 17.2 Å². The van der Waals surface area contributed by atoms with Gasteiger partial charge in [0.05, 0.1) is 19.8 Å². The minimum absolute atomic E-state index is 0.191. The standard InChI is InChI=1S/C19H27N3O3S/c1-12(2)7-8-25-16-6-5-14(9-17(16)24-4)13(3)21-19(23)15-11-26-18(10-20)22-15/h5-6,9,11-13H,7-8,10,20H2,1-4H3,(H,21,23). The number of nitrogens with zero attached hydrogens (tertiary/aromatic N) is 1. The topological polar surface area (TPSA) is 86.5 Å². The molecule has 0 spiro atoms. The third-order valence-corrected chi connectivity index (χ3v) is 4.82. The lowest BCUT2D eigenvalue weighted by atomic mass is 10.1. The summed E-state index contributed by atoms with van der Waals surface area (Å²) in [5.41, 5.74) is 6.87. The smallest absolute Gasteiger partial charge is 0.271 e. The molecule has 0 bridgehead atoms. The Morgan fingerprint density at radius 1 is 1.31 bits per heavy atom. The van der Waals surface area contributed by atoms with Gasteiger partial charge in [-0.25, -0.2) is 4.98 Å². The number of aromatic nitrogens is 1. The van der Waals surface area contributed by atoms with Crippen LogP contribution in [0.25, 0.3) is 0 Å². The summed E-state index contributed by atoms with van der Waals surface area (Å²) in [7, 11) is 1.61. The van der Waals surface area contributed by atoms with E-state index < -0.39 is 0 Å². The number of rotatable bonds is 9. The Kier molecular flexibility index (Phi) is 7.41. The number of hydrogen-bond acceptors (Lipinski definition) is 6. The van der Waals surface area contributed by atoms with Gasteiger partial charge >= 0.3 is 0 Å². The minimum Gasteiger partial charge on any atom is -0.493 e. The largest absolute Gasteiger partial charge is 0.493 e. The van der Waals surface area contributed by atoms with E-state index in [0.717, 1.165) is 17.0 Å². The van der Waals surface area contributed by atoms with E-state index >= 15 is 0 Å². The molecule has 0 radical (unpaired) electrons. The summed E-state index contributed by atoms with van der Waals surface area (Å²) >= 11 is 1.38. The molecule has 1 amide bonds. The van der Waals surface area contributed by atoms with Crippen LogP contribution in [-0.2, 0) is 6.54 Å². The Balaban J connectivity index is 2.03. The second kappa shape index (κ2) is 9.54. The van der Waals surface area contributed by atoms with Gasteiger partial charge in [0.1, 0.15) is 10.7 Å². The molecule has 1 aromatic heterocycles. The number of nitrogens with two attached hydrogens (primary N) is 1. The van der Waals surface area contributed by atoms with Crippen LogP contribution < -0.4 is 20.5 Å². The molecule has 0 fully saturated rings. The third kappa shape index (κ3) is 5.44. The van der Waals surface area contributed by atoms with Crippen molar-refractivity contribution in [3.63, 3.8) is 0 Å². The molecule has 2 aromatic rings. The van der Waals surface area contributed by atoms with E-state index in [2.05, 4.69) is 24.1 Å². The quantitative estimate of drug-likeness (QED) is 0.698. The lowest BCUT2D eigenvalue weighted by Gasteiger charge is -2.17. The lowest BCUT2D eigenvalue weighted by molar-refractivity contribution is 0.0935. The molecular weight excluding hydrogens is 350 g/mol. The van der Waals surface area contributed by atoms with Crippen LogP contribution in [0.2, 0.25) is 0 Å². The van der Waals surface area contributed by atoms with Crippen molar-refractivity contribution in [1.82, 2.24) is 10.3 Å². The Hall–Kier alpha value is -2.12. The van der Waals surface area contributed by atoms with E-state index in [1.165, 1.54) is 11.3 Å². The van der Waals surface area contributed by atoms with E-state index in [1.54, 1.807) is 12.5 Å². The van der Waals surface area contributed by atoms with Gasteiger partial charge in [-0.15, -0.1) is 11.3 Å². The van der Waals surface area contributed by atoms with Gasteiger partial charge in [-0.1, -0.05) is 19.9 Å². The summed E-state index contributed by atoms with van der Waals surface area (Å²) in [5.74, 6) is 1.74. The highest BCUT2D eigenvalue weighted by atomic mass is 32.1. The zero-order valence-corrected chi connectivity index (χ0v) is 16.6. The molecule has 142 valence electrons. The summed E-state index contributed by atoms with van der Waals surface area (Å²) < 4.78 is 11.2. The van der Waals surface area contributed by atoms with Gasteiger partial charge in [-0.05, 0) is 37.0 Å². The monoisotopic (exact) mass is 377 g/mol. The number of nitrogens with one attached hydrogen (secondary N) is 1. The average molecular weight is 378 g/mol. The number of benzene rings is 1. The molecule has 0 aliphatic heterocycles. The maximum absolute atomic E-state index is 12.3. The van der Waals surface area contributed by atoms with Crippen molar-refractivity contribution in [3.8, 4) is 11.5 Å². The van der Waals surface area contributed by atoms with Gasteiger partial charge in [0.15, 0.2) is 11.5 Å². The van der Waals surface area contributed by atoms with E-state index in [1.807, 2.05) is 25.1 Å². The first-order chi connectivity index (χ1) is 12.4. The van der Waals surface area contributed by atoms with Gasteiger partial charge < -0.3 is 20.5 Å². The highest BCUT2D eigenvalue weighted by Crippen LogP contribution is 2.30. The number of hydrogen-bond donors (Lipinski definition) is 2. The van der Waals surface area contributed by atoms with Crippen LogP contribution in [0.1, 0.15) is 54.3 Å². The second-order valence-electron chi connectivity index (χ2n) is 6.47. The van der Waals surface area contributed by atoms with E-state index in [0.29, 0.717) is 36.3 Å². The third-order valence-electron chi connectivity index (χ3n) is 3.95. The maximum atomic E-state index is 12.3. The Morgan fingerprint density at radius 3 is 2.69 bits per heavy atom. The first-order valence-corrected chi connectivity index (χ1v) is 9.58. The number of carbonyl (C=O) groups is 1. The summed E-state index contributed by atoms with van der Waals surface area (Å²) in [4.78, 5) is 16.5. The van der Waals surface area contributed by atoms with Crippen molar-refractivity contribution in [2.24, 2.45) is 11.7 Å². The van der Waals surface area contributed by atoms with E-state index in [9.17, 15) is 4.79 Å². The molecule has 0 aliphatic rings. The van der Waals surface area contributed by atoms with Crippen LogP contribution in [0, 0.1) is 5.92 Å². The number of ether oxygens (including phenoxy) is 2. The fraction of sp³-hybridized carbons (Fsp3) is 0.474. The highest BCUT2D eigenvalue weighted by molar-refractivity contribution is 7.09. The Bertz CT molecular complexity index is 731. The zero-order valence-electron chi connectivity index (χ0n) is 15.7. The van der Waals surface area contributed by atoms with Gasteiger partial charge in [-0.3, -0.25) is 4.79 Å². The molecule has 2 rings (SSSR count). The van der Waals surface area contributed by atoms with Crippen molar-refractivity contribution in [2.75, 3.05) is 13.7 Å². The first kappa shape index (κ1) is 20.2. The Morgan fingerprint density at radius 2 is 2.08 bits per heavy atom. The highest BCUT2D eigenvalue weighted by Gasteiger charge is 2.16. The predicted molar refractivity (Wildman–Crippen MR) is 104 cm³/mol. The van der Waals surface area contributed by atoms with Crippen LogP contribution in [0.3, 0.4) is 0 Å². The van der Waals surface area contributed by atoms with Crippen molar-refractivity contribution < 1.29 is 14.3 Å². The van der Waals surface area contributed by atoms with Gasteiger partial charge in [0, 0.05) is 11.9 Å².